The van der Waals surface area contributed by atoms with Crippen molar-refractivity contribution in [3.63, 3.8) is 0 Å². The van der Waals surface area contributed by atoms with Crippen molar-refractivity contribution in [3.05, 3.63) is 52.7 Å². The van der Waals surface area contributed by atoms with Gasteiger partial charge in [-0.15, -0.1) is 0 Å². The molecule has 22 heavy (non-hydrogen) atoms. The van der Waals surface area contributed by atoms with Crippen molar-refractivity contribution in [2.75, 3.05) is 0 Å². The number of fused-ring (bicyclic) bond motifs is 1. The summed E-state index contributed by atoms with van der Waals surface area (Å²) >= 11 is 0. The van der Waals surface area contributed by atoms with E-state index in [9.17, 15) is 9.59 Å². The molecule has 2 aliphatic rings. The zero-order chi connectivity index (χ0) is 15.5. The summed E-state index contributed by atoms with van der Waals surface area (Å²) in [5.41, 5.74) is 3.31. The number of nitrogens with one attached hydrogen (secondary N) is 2. The van der Waals surface area contributed by atoms with Crippen LogP contribution < -0.4 is 10.6 Å². The molecule has 0 fully saturated rings. The van der Waals surface area contributed by atoms with Gasteiger partial charge in [0.1, 0.15) is 0 Å². The smallest absolute Gasteiger partial charge is 0.258 e. The molecule has 114 valence electrons. The molecule has 4 heteroatoms. The number of hydrogen-bond donors (Lipinski definition) is 2. The molecule has 0 bridgehead atoms. The molecule has 4 nitrogen and oxygen atoms in total. The summed E-state index contributed by atoms with van der Waals surface area (Å²) in [5, 5.41) is 5.74. The van der Waals surface area contributed by atoms with E-state index in [2.05, 4.69) is 17.6 Å². The molecule has 0 atom stereocenters. The molecule has 2 aliphatic heterocycles. The van der Waals surface area contributed by atoms with Crippen molar-refractivity contribution in [1.29, 1.82) is 0 Å². The summed E-state index contributed by atoms with van der Waals surface area (Å²) in [4.78, 5) is 24.6. The summed E-state index contributed by atoms with van der Waals surface area (Å²) < 4.78 is 0. The van der Waals surface area contributed by atoms with Gasteiger partial charge in [0.05, 0.1) is 16.8 Å². The largest absolute Gasteiger partial charge is 0.325 e. The van der Waals surface area contributed by atoms with Crippen molar-refractivity contribution in [2.45, 2.75) is 39.0 Å². The molecule has 1 aromatic carbocycles. The molecule has 1 aromatic rings. The molecular weight excluding hydrogens is 276 g/mol. The van der Waals surface area contributed by atoms with E-state index in [4.69, 9.17) is 0 Å². The predicted molar refractivity (Wildman–Crippen MR) is 85.4 cm³/mol. The van der Waals surface area contributed by atoms with E-state index in [1.165, 1.54) is 12.8 Å². The van der Waals surface area contributed by atoms with E-state index >= 15 is 0 Å². The van der Waals surface area contributed by atoms with Crippen LogP contribution in [0.15, 0.2) is 47.2 Å². The molecule has 0 saturated heterocycles. The van der Waals surface area contributed by atoms with Crippen molar-refractivity contribution >= 4 is 17.5 Å². The Hall–Kier alpha value is -2.36. The maximum absolute atomic E-state index is 12.3. The Kier molecular flexibility index (Phi) is 4.09. The zero-order valence-corrected chi connectivity index (χ0v) is 12.7. The van der Waals surface area contributed by atoms with Crippen LogP contribution in [0.3, 0.4) is 0 Å². The van der Waals surface area contributed by atoms with Crippen molar-refractivity contribution in [1.82, 2.24) is 10.6 Å². The van der Waals surface area contributed by atoms with Gasteiger partial charge in [-0.1, -0.05) is 56.5 Å². The Morgan fingerprint density at radius 1 is 0.864 bits per heavy atom. The maximum atomic E-state index is 12.3. The fraction of sp³-hybridized carbons (Fsp3) is 0.333. The Balaban J connectivity index is 1.90. The normalized spacial score (nSPS) is 17.0. The third kappa shape index (κ3) is 2.56. The van der Waals surface area contributed by atoms with Crippen LogP contribution in [0.4, 0.5) is 0 Å². The summed E-state index contributed by atoms with van der Waals surface area (Å²) in [6, 6.07) is 9.51. The Bertz CT molecular complexity index is 672. The highest BCUT2D eigenvalue weighted by Gasteiger charge is 2.39. The van der Waals surface area contributed by atoms with Crippen LogP contribution >= 0.6 is 0 Å². The summed E-state index contributed by atoms with van der Waals surface area (Å²) in [6.07, 6.45) is 5.21. The molecule has 2 amide bonds. The van der Waals surface area contributed by atoms with E-state index < -0.39 is 0 Å². The molecule has 0 spiro atoms. The number of unbranched alkanes of at least 4 members (excludes halogenated alkanes) is 3. The molecule has 3 rings (SSSR count). The number of carbonyl (C=O) groups excluding carboxylic acids is 2. The second-order valence-corrected chi connectivity index (χ2v) is 5.69. The van der Waals surface area contributed by atoms with Crippen molar-refractivity contribution in [3.8, 4) is 0 Å². The lowest BCUT2D eigenvalue weighted by Crippen LogP contribution is -2.21. The topological polar surface area (TPSA) is 58.2 Å². The third-order valence-corrected chi connectivity index (χ3v) is 4.10. The van der Waals surface area contributed by atoms with Crippen LogP contribution in [0.25, 0.3) is 5.70 Å². The molecule has 0 unspecified atom stereocenters. The first kappa shape index (κ1) is 14.6. The summed E-state index contributed by atoms with van der Waals surface area (Å²) in [5.74, 6) is -0.338. The van der Waals surface area contributed by atoms with E-state index in [0.29, 0.717) is 16.8 Å². The van der Waals surface area contributed by atoms with Gasteiger partial charge < -0.3 is 10.6 Å². The van der Waals surface area contributed by atoms with Crippen molar-refractivity contribution in [2.24, 2.45) is 0 Å². The Morgan fingerprint density at radius 3 is 2.32 bits per heavy atom. The van der Waals surface area contributed by atoms with Gasteiger partial charge in [-0.2, -0.15) is 0 Å². The third-order valence-electron chi connectivity index (χ3n) is 4.10. The number of allylic oxidation sites excluding steroid dienone is 1. The van der Waals surface area contributed by atoms with Crippen LogP contribution in [0.1, 0.15) is 44.6 Å². The van der Waals surface area contributed by atoms with Gasteiger partial charge in [0.15, 0.2) is 0 Å². The highest BCUT2D eigenvalue weighted by Crippen LogP contribution is 2.35. The van der Waals surface area contributed by atoms with Crippen LogP contribution in [0, 0.1) is 0 Å². The monoisotopic (exact) mass is 296 g/mol. The lowest BCUT2D eigenvalue weighted by Gasteiger charge is -2.06. The van der Waals surface area contributed by atoms with Crippen molar-refractivity contribution < 1.29 is 9.59 Å². The highest BCUT2D eigenvalue weighted by molar-refractivity contribution is 6.25. The molecule has 0 saturated carbocycles. The first-order valence-electron chi connectivity index (χ1n) is 7.88. The number of benzene rings is 1. The van der Waals surface area contributed by atoms with Crippen LogP contribution in [0.5, 0.6) is 0 Å². The maximum Gasteiger partial charge on any atom is 0.258 e. The van der Waals surface area contributed by atoms with E-state index in [1.54, 1.807) is 0 Å². The standard InChI is InChI=1S/C18H20N2O2/c1-2-3-4-8-11-13-14-15(18(22)19-13)16(20-17(14)21)12-9-6-5-7-10-12/h5-7,9-10H,2-4,8,11H2,1H3,(H,19,22)(H,20,21). The first-order valence-corrected chi connectivity index (χ1v) is 7.88. The van der Waals surface area contributed by atoms with Gasteiger partial charge in [-0.3, -0.25) is 9.59 Å². The molecule has 0 aliphatic carbocycles. The summed E-state index contributed by atoms with van der Waals surface area (Å²) in [6.45, 7) is 2.16. The Morgan fingerprint density at radius 2 is 1.59 bits per heavy atom. The molecule has 0 radical (unpaired) electrons. The van der Waals surface area contributed by atoms with Gasteiger partial charge in [0.2, 0.25) is 0 Å². The molecule has 2 heterocycles. The summed E-state index contributed by atoms with van der Waals surface area (Å²) in [7, 11) is 0. The fourth-order valence-corrected chi connectivity index (χ4v) is 2.99. The van der Waals surface area contributed by atoms with Crippen LogP contribution in [0.2, 0.25) is 0 Å². The quantitative estimate of drug-likeness (QED) is 0.793. The van der Waals surface area contributed by atoms with Gasteiger partial charge >= 0.3 is 0 Å². The first-order chi connectivity index (χ1) is 10.7. The van der Waals surface area contributed by atoms with Crippen LogP contribution in [-0.2, 0) is 9.59 Å². The molecular formula is C18H20N2O2. The second kappa shape index (κ2) is 6.18. The lowest BCUT2D eigenvalue weighted by molar-refractivity contribution is -0.117. The molecule has 2 N–H and O–H groups in total. The molecule has 0 aromatic heterocycles. The predicted octanol–water partition coefficient (Wildman–Crippen LogP) is 2.88. The van der Waals surface area contributed by atoms with Gasteiger partial charge in [-0.05, 0) is 18.4 Å². The number of amides is 2. The average molecular weight is 296 g/mol. The van der Waals surface area contributed by atoms with Gasteiger partial charge in [0, 0.05) is 5.70 Å². The van der Waals surface area contributed by atoms with E-state index in [-0.39, 0.29) is 11.8 Å². The minimum atomic E-state index is -0.169. The second-order valence-electron chi connectivity index (χ2n) is 5.69. The number of hydrogen-bond acceptors (Lipinski definition) is 2. The minimum Gasteiger partial charge on any atom is -0.325 e. The van der Waals surface area contributed by atoms with Crippen LogP contribution in [-0.4, -0.2) is 11.8 Å². The average Bonchev–Trinajstić information content (AvgIpc) is 3.04. The number of rotatable bonds is 6. The van der Waals surface area contributed by atoms with E-state index in [0.717, 1.165) is 30.5 Å². The fourth-order valence-electron chi connectivity index (χ4n) is 2.99. The Labute approximate surface area is 130 Å². The highest BCUT2D eigenvalue weighted by atomic mass is 16.2. The van der Waals surface area contributed by atoms with E-state index in [1.807, 2.05) is 30.3 Å². The lowest BCUT2D eigenvalue weighted by atomic mass is 10.0. The van der Waals surface area contributed by atoms with Gasteiger partial charge in [0.25, 0.3) is 11.8 Å². The number of carbonyl (C=O) groups is 2. The minimum absolute atomic E-state index is 0.169. The SMILES string of the molecule is CCCCCCC1=C2C(=O)NC(c3ccccc3)=C2C(=O)N1. The zero-order valence-electron chi connectivity index (χ0n) is 12.7. The van der Waals surface area contributed by atoms with Gasteiger partial charge in [-0.25, -0.2) is 0 Å².